The van der Waals surface area contributed by atoms with E-state index in [4.69, 9.17) is 9.47 Å². The molecule has 0 aliphatic rings. The maximum Gasteiger partial charge on any atom is 0.387 e. The minimum absolute atomic E-state index is 0.0640. The minimum atomic E-state index is -2.94. The van der Waals surface area contributed by atoms with Crippen LogP contribution in [-0.4, -0.2) is 26.6 Å². The number of methoxy groups -OCH3 is 2. The number of alkyl halides is 2. The number of carbonyl (C=O) groups is 1. The summed E-state index contributed by atoms with van der Waals surface area (Å²) in [6.45, 7) is -2.94. The number of benzene rings is 3. The van der Waals surface area contributed by atoms with E-state index >= 15 is 0 Å². The first-order chi connectivity index (χ1) is 13.5. The fraction of sp³-hybridized carbons (Fsp3) is 0.136. The standard InChI is InChI=1S/C22H18F2O4/c1-26-18-8-7-15-12-17(6-5-16(15)13-18)19(25)9-3-14-4-10-20(28-22(23)24)21(11-14)27-2/h3-13,22H,1-2H3/b9-3+. The number of halogens is 2. The van der Waals surface area contributed by atoms with Crippen molar-refractivity contribution in [2.45, 2.75) is 6.61 Å². The number of hydrogen-bond acceptors (Lipinski definition) is 4. The normalized spacial score (nSPS) is 11.2. The first-order valence-corrected chi connectivity index (χ1v) is 8.43. The van der Waals surface area contributed by atoms with Gasteiger partial charge >= 0.3 is 6.61 Å². The highest BCUT2D eigenvalue weighted by Crippen LogP contribution is 2.30. The van der Waals surface area contributed by atoms with Crippen molar-refractivity contribution in [3.8, 4) is 17.2 Å². The molecule has 0 unspecified atom stereocenters. The minimum Gasteiger partial charge on any atom is -0.497 e. The van der Waals surface area contributed by atoms with Crippen molar-refractivity contribution < 1.29 is 27.8 Å². The van der Waals surface area contributed by atoms with Crippen LogP contribution in [0, 0.1) is 0 Å². The largest absolute Gasteiger partial charge is 0.497 e. The monoisotopic (exact) mass is 384 g/mol. The van der Waals surface area contributed by atoms with Gasteiger partial charge in [-0.15, -0.1) is 0 Å². The number of hydrogen-bond donors (Lipinski definition) is 0. The van der Waals surface area contributed by atoms with Crippen LogP contribution < -0.4 is 14.2 Å². The number of rotatable bonds is 7. The summed E-state index contributed by atoms with van der Waals surface area (Å²) < 4.78 is 39.4. The van der Waals surface area contributed by atoms with Gasteiger partial charge in [0.25, 0.3) is 0 Å². The molecule has 0 bridgehead atoms. The molecule has 3 rings (SSSR count). The third-order valence-corrected chi connectivity index (χ3v) is 4.16. The van der Waals surface area contributed by atoms with Gasteiger partial charge in [-0.1, -0.05) is 30.3 Å². The molecule has 0 aromatic heterocycles. The Hall–Kier alpha value is -3.41. The molecule has 3 aromatic carbocycles. The van der Waals surface area contributed by atoms with Crippen LogP contribution in [0.1, 0.15) is 15.9 Å². The average molecular weight is 384 g/mol. The molecule has 0 saturated heterocycles. The van der Waals surface area contributed by atoms with Crippen molar-refractivity contribution in [2.75, 3.05) is 14.2 Å². The molecule has 0 radical (unpaired) electrons. The Kier molecular flexibility index (Phi) is 5.89. The number of allylic oxidation sites excluding steroid dienone is 1. The molecule has 0 atom stereocenters. The topological polar surface area (TPSA) is 44.8 Å². The van der Waals surface area contributed by atoms with Gasteiger partial charge in [0.1, 0.15) is 5.75 Å². The van der Waals surface area contributed by atoms with E-state index in [-0.39, 0.29) is 17.3 Å². The third kappa shape index (κ3) is 4.46. The van der Waals surface area contributed by atoms with E-state index < -0.39 is 6.61 Å². The summed E-state index contributed by atoms with van der Waals surface area (Å²) in [6, 6.07) is 15.5. The Morgan fingerprint density at radius 3 is 2.36 bits per heavy atom. The van der Waals surface area contributed by atoms with Gasteiger partial charge in [0.2, 0.25) is 0 Å². The van der Waals surface area contributed by atoms with Gasteiger partial charge in [-0.25, -0.2) is 0 Å². The summed E-state index contributed by atoms with van der Waals surface area (Å²) in [7, 11) is 2.96. The lowest BCUT2D eigenvalue weighted by molar-refractivity contribution is -0.0512. The van der Waals surface area contributed by atoms with Crippen LogP contribution in [0.25, 0.3) is 16.8 Å². The van der Waals surface area contributed by atoms with Crippen LogP contribution in [-0.2, 0) is 0 Å². The molecule has 0 N–H and O–H groups in total. The van der Waals surface area contributed by atoms with Gasteiger partial charge in [0.05, 0.1) is 14.2 Å². The van der Waals surface area contributed by atoms with Crippen LogP contribution in [0.4, 0.5) is 8.78 Å². The lowest BCUT2D eigenvalue weighted by Crippen LogP contribution is -2.03. The lowest BCUT2D eigenvalue weighted by Gasteiger charge is -2.10. The maximum absolute atomic E-state index is 12.5. The van der Waals surface area contributed by atoms with E-state index in [1.807, 2.05) is 30.3 Å². The Balaban J connectivity index is 1.80. The summed E-state index contributed by atoms with van der Waals surface area (Å²) in [5.74, 6) is 0.671. The highest BCUT2D eigenvalue weighted by atomic mass is 19.3. The molecule has 144 valence electrons. The highest BCUT2D eigenvalue weighted by molar-refractivity contribution is 6.08. The van der Waals surface area contributed by atoms with Crippen molar-refractivity contribution in [1.29, 1.82) is 0 Å². The lowest BCUT2D eigenvalue weighted by atomic mass is 10.0. The average Bonchev–Trinajstić information content (AvgIpc) is 2.71. The summed E-state index contributed by atoms with van der Waals surface area (Å²) in [5, 5.41) is 1.90. The molecule has 3 aromatic rings. The third-order valence-electron chi connectivity index (χ3n) is 4.16. The summed E-state index contributed by atoms with van der Waals surface area (Å²) in [5.41, 5.74) is 1.16. The molecule has 6 heteroatoms. The highest BCUT2D eigenvalue weighted by Gasteiger charge is 2.10. The Labute approximate surface area is 161 Å². The molecule has 0 saturated carbocycles. The molecule has 0 heterocycles. The number of fused-ring (bicyclic) bond motifs is 1. The van der Waals surface area contributed by atoms with Crippen LogP contribution in [0.2, 0.25) is 0 Å². The summed E-state index contributed by atoms with van der Waals surface area (Å²) in [4.78, 5) is 12.5. The van der Waals surface area contributed by atoms with Gasteiger partial charge in [-0.2, -0.15) is 8.78 Å². The zero-order valence-electron chi connectivity index (χ0n) is 15.3. The molecule has 0 aliphatic heterocycles. The SMILES string of the molecule is COc1ccc2cc(C(=O)/C=C/c3ccc(OC(F)F)c(OC)c3)ccc2c1. The Morgan fingerprint density at radius 1 is 0.893 bits per heavy atom. The van der Waals surface area contributed by atoms with E-state index in [2.05, 4.69) is 4.74 Å². The first kappa shape index (κ1) is 19.4. The molecule has 0 amide bonds. The van der Waals surface area contributed by atoms with E-state index in [0.29, 0.717) is 11.1 Å². The fourth-order valence-corrected chi connectivity index (χ4v) is 2.75. The van der Waals surface area contributed by atoms with Crippen LogP contribution in [0.3, 0.4) is 0 Å². The zero-order chi connectivity index (χ0) is 20.1. The molecule has 4 nitrogen and oxygen atoms in total. The molecule has 0 fully saturated rings. The van der Waals surface area contributed by atoms with Gasteiger partial charge in [-0.05, 0) is 52.7 Å². The van der Waals surface area contributed by atoms with Crippen molar-refractivity contribution in [3.63, 3.8) is 0 Å². The predicted octanol–water partition coefficient (Wildman–Crippen LogP) is 5.35. The Bertz CT molecular complexity index is 1030. The molecule has 0 aliphatic carbocycles. The zero-order valence-corrected chi connectivity index (χ0v) is 15.3. The first-order valence-electron chi connectivity index (χ1n) is 8.43. The quantitative estimate of drug-likeness (QED) is 0.407. The summed E-state index contributed by atoms with van der Waals surface area (Å²) >= 11 is 0. The Morgan fingerprint density at radius 2 is 1.64 bits per heavy atom. The van der Waals surface area contributed by atoms with E-state index in [1.165, 1.54) is 25.3 Å². The van der Waals surface area contributed by atoms with Crippen LogP contribution in [0.5, 0.6) is 17.2 Å². The fourth-order valence-electron chi connectivity index (χ4n) is 2.75. The van der Waals surface area contributed by atoms with Gasteiger partial charge in [-0.3, -0.25) is 4.79 Å². The number of ether oxygens (including phenoxy) is 3. The van der Waals surface area contributed by atoms with Crippen molar-refractivity contribution in [1.82, 2.24) is 0 Å². The molecular weight excluding hydrogens is 366 g/mol. The molecule has 28 heavy (non-hydrogen) atoms. The number of ketones is 1. The second-order valence-corrected chi connectivity index (χ2v) is 5.91. The second-order valence-electron chi connectivity index (χ2n) is 5.91. The van der Waals surface area contributed by atoms with Gasteiger partial charge in [0.15, 0.2) is 17.3 Å². The number of carbonyl (C=O) groups excluding carboxylic acids is 1. The molecule has 0 spiro atoms. The van der Waals surface area contributed by atoms with Crippen molar-refractivity contribution in [2.24, 2.45) is 0 Å². The predicted molar refractivity (Wildman–Crippen MR) is 103 cm³/mol. The van der Waals surface area contributed by atoms with Crippen LogP contribution >= 0.6 is 0 Å². The smallest absolute Gasteiger partial charge is 0.387 e. The molecular formula is C22H18F2O4. The summed E-state index contributed by atoms with van der Waals surface area (Å²) in [6.07, 6.45) is 3.02. The van der Waals surface area contributed by atoms with E-state index in [9.17, 15) is 13.6 Å². The van der Waals surface area contributed by atoms with E-state index in [1.54, 1.807) is 25.3 Å². The van der Waals surface area contributed by atoms with Crippen molar-refractivity contribution in [3.05, 3.63) is 71.8 Å². The maximum atomic E-state index is 12.5. The van der Waals surface area contributed by atoms with Gasteiger partial charge in [0, 0.05) is 5.56 Å². The van der Waals surface area contributed by atoms with Crippen LogP contribution in [0.15, 0.2) is 60.7 Å². The van der Waals surface area contributed by atoms with Gasteiger partial charge < -0.3 is 14.2 Å². The van der Waals surface area contributed by atoms with E-state index in [0.717, 1.165) is 16.5 Å². The second kappa shape index (κ2) is 8.52. The van der Waals surface area contributed by atoms with Crippen molar-refractivity contribution >= 4 is 22.6 Å².